The summed E-state index contributed by atoms with van der Waals surface area (Å²) in [5.41, 5.74) is 3.90. The molecule has 2 N–H and O–H groups in total. The van der Waals surface area contributed by atoms with E-state index < -0.39 is 22.4 Å². The van der Waals surface area contributed by atoms with Gasteiger partial charge in [-0.2, -0.15) is 4.52 Å². The third kappa shape index (κ3) is 4.19. The van der Waals surface area contributed by atoms with Gasteiger partial charge < -0.3 is 5.73 Å². The molecule has 0 atom stereocenters. The Morgan fingerprint density at radius 1 is 1.16 bits per heavy atom. The maximum Gasteiger partial charge on any atom is 0.332 e. The van der Waals surface area contributed by atoms with Crippen LogP contribution in [0, 0.1) is 0 Å². The maximum absolute atomic E-state index is 12.8. The number of fused-ring (bicyclic) bond motifs is 1. The molecule has 11 nitrogen and oxygen atoms in total. The molecular formula is C18H23N7O4S2. The molecule has 0 radical (unpaired) electrons. The third-order valence-electron chi connectivity index (χ3n) is 4.52. The van der Waals surface area contributed by atoms with Crippen LogP contribution < -0.4 is 22.5 Å². The monoisotopic (exact) mass is 465 g/mol. The van der Waals surface area contributed by atoms with Gasteiger partial charge in [0.2, 0.25) is 4.96 Å². The molecule has 0 saturated carbocycles. The Balaban J connectivity index is 1.92. The van der Waals surface area contributed by atoms with Crippen molar-refractivity contribution in [3.63, 3.8) is 0 Å². The van der Waals surface area contributed by atoms with Crippen molar-refractivity contribution in [3.05, 3.63) is 42.4 Å². The van der Waals surface area contributed by atoms with Crippen molar-refractivity contribution in [2.75, 3.05) is 11.5 Å². The predicted molar refractivity (Wildman–Crippen MR) is 119 cm³/mol. The van der Waals surface area contributed by atoms with Crippen LogP contribution in [0.5, 0.6) is 0 Å². The van der Waals surface area contributed by atoms with E-state index in [0.717, 1.165) is 27.7 Å². The molecule has 0 bridgehead atoms. The predicted octanol–water partition coefficient (Wildman–Crippen LogP) is 0.671. The number of rotatable bonds is 6. The zero-order chi connectivity index (χ0) is 23.1. The summed E-state index contributed by atoms with van der Waals surface area (Å²) in [7, 11) is 1.31. The van der Waals surface area contributed by atoms with Gasteiger partial charge in [-0.25, -0.2) is 4.79 Å². The van der Waals surface area contributed by atoms with E-state index in [1.165, 1.54) is 16.1 Å². The second kappa shape index (κ2) is 8.38. The van der Waals surface area contributed by atoms with Gasteiger partial charge in [-0.05, 0) is 6.42 Å². The van der Waals surface area contributed by atoms with Crippen molar-refractivity contribution in [1.82, 2.24) is 28.9 Å². The van der Waals surface area contributed by atoms with Crippen molar-refractivity contribution in [2.45, 2.75) is 50.4 Å². The van der Waals surface area contributed by atoms with E-state index in [9.17, 15) is 19.2 Å². The van der Waals surface area contributed by atoms with Gasteiger partial charge in [0, 0.05) is 19.0 Å². The minimum atomic E-state index is -0.735. The van der Waals surface area contributed by atoms with Crippen LogP contribution in [0.1, 0.15) is 50.2 Å². The van der Waals surface area contributed by atoms with Crippen LogP contribution in [-0.2, 0) is 19.0 Å². The number of nitrogens with zero attached hydrogens (tertiary/aromatic N) is 6. The van der Waals surface area contributed by atoms with Crippen LogP contribution in [0.2, 0.25) is 0 Å². The SMILES string of the molecule is CCCn1c(N)c(C(=O)CSc2nn3c(=O)c(C(C)(C)C)nnc3s2)c(=O)n(C)c1=O. The van der Waals surface area contributed by atoms with Crippen molar-refractivity contribution in [3.8, 4) is 0 Å². The number of thioether (sulfide) groups is 1. The fraction of sp³-hybridized carbons (Fsp3) is 0.500. The minimum absolute atomic E-state index is 0.137. The van der Waals surface area contributed by atoms with Crippen molar-refractivity contribution < 1.29 is 4.79 Å². The molecule has 0 saturated heterocycles. The third-order valence-corrected chi connectivity index (χ3v) is 6.55. The zero-order valence-electron chi connectivity index (χ0n) is 17.8. The van der Waals surface area contributed by atoms with Crippen LogP contribution in [0.25, 0.3) is 4.96 Å². The summed E-state index contributed by atoms with van der Waals surface area (Å²) in [5, 5.41) is 12.3. The highest BCUT2D eigenvalue weighted by Gasteiger charge is 2.24. The molecule has 0 aliphatic rings. The van der Waals surface area contributed by atoms with E-state index in [0.29, 0.717) is 22.3 Å². The topological polar surface area (TPSA) is 147 Å². The Kier molecular flexibility index (Phi) is 6.18. The van der Waals surface area contributed by atoms with E-state index in [2.05, 4.69) is 15.3 Å². The molecule has 13 heteroatoms. The highest BCUT2D eigenvalue weighted by atomic mass is 32.2. The Morgan fingerprint density at radius 3 is 2.45 bits per heavy atom. The lowest BCUT2D eigenvalue weighted by Gasteiger charge is -2.14. The second-order valence-corrected chi connectivity index (χ2v) is 10.1. The van der Waals surface area contributed by atoms with Crippen LogP contribution >= 0.6 is 23.1 Å². The van der Waals surface area contributed by atoms with Gasteiger partial charge in [0.25, 0.3) is 11.1 Å². The summed E-state index contributed by atoms with van der Waals surface area (Å²) in [6, 6.07) is 0. The molecule has 166 valence electrons. The first kappa shape index (κ1) is 22.9. The average Bonchev–Trinajstić information content (AvgIpc) is 3.11. The normalized spacial score (nSPS) is 11.9. The smallest absolute Gasteiger partial charge is 0.332 e. The molecule has 0 aromatic carbocycles. The number of carbonyl (C=O) groups excluding carboxylic acids is 1. The lowest BCUT2D eigenvalue weighted by atomic mass is 9.93. The molecule has 0 fully saturated rings. The first-order chi connectivity index (χ1) is 14.5. The van der Waals surface area contributed by atoms with Crippen LogP contribution in [0.3, 0.4) is 0 Å². The number of nitrogens with two attached hydrogens (primary N) is 1. The number of nitrogen functional groups attached to an aromatic ring is 1. The van der Waals surface area contributed by atoms with Crippen LogP contribution in [0.15, 0.2) is 18.7 Å². The van der Waals surface area contributed by atoms with Crippen LogP contribution in [-0.4, -0.2) is 40.5 Å². The van der Waals surface area contributed by atoms with E-state index in [1.54, 1.807) is 0 Å². The summed E-state index contributed by atoms with van der Waals surface area (Å²) in [5.74, 6) is -0.805. The number of ketones is 1. The molecule has 31 heavy (non-hydrogen) atoms. The Morgan fingerprint density at radius 2 is 1.84 bits per heavy atom. The van der Waals surface area contributed by atoms with Gasteiger partial charge >= 0.3 is 5.69 Å². The maximum atomic E-state index is 12.8. The van der Waals surface area contributed by atoms with Gasteiger partial charge in [-0.3, -0.25) is 23.5 Å². The summed E-state index contributed by atoms with van der Waals surface area (Å²) >= 11 is 2.17. The summed E-state index contributed by atoms with van der Waals surface area (Å²) in [4.78, 5) is 50.5. The summed E-state index contributed by atoms with van der Waals surface area (Å²) in [6.07, 6.45) is 0.614. The first-order valence-corrected chi connectivity index (χ1v) is 11.3. The molecule has 0 unspecified atom stereocenters. The highest BCUT2D eigenvalue weighted by molar-refractivity contribution is 8.01. The molecule has 3 rings (SSSR count). The Bertz CT molecular complexity index is 1340. The van der Waals surface area contributed by atoms with Crippen molar-refractivity contribution >= 4 is 39.7 Å². The number of hydrogen-bond acceptors (Lipinski definition) is 10. The standard InChI is InChI=1S/C18H23N7O4S2/c1-6-7-24-12(19)10(13(27)23(5)17(24)29)9(26)8-30-16-22-25-14(28)11(18(2,3)4)20-21-15(25)31-16/h6-8,19H2,1-5H3. The molecule has 3 aromatic rings. The van der Waals surface area contributed by atoms with Gasteiger partial charge in [0.1, 0.15) is 17.1 Å². The number of Topliss-reactive ketones (excluding diaryl/α,β-unsaturated/α-hetero) is 1. The first-order valence-electron chi connectivity index (χ1n) is 9.49. The Labute approximate surface area is 184 Å². The number of aromatic nitrogens is 6. The second-order valence-electron chi connectivity index (χ2n) is 7.94. The molecule has 0 amide bonds. The largest absolute Gasteiger partial charge is 0.384 e. The summed E-state index contributed by atoms with van der Waals surface area (Å²) in [6.45, 7) is 7.72. The fourth-order valence-electron chi connectivity index (χ4n) is 2.91. The quantitative estimate of drug-likeness (QED) is 0.410. The molecule has 0 aliphatic heterocycles. The van der Waals surface area contributed by atoms with E-state index in [-0.39, 0.29) is 28.4 Å². The van der Waals surface area contributed by atoms with Gasteiger partial charge in [0.05, 0.1) is 5.75 Å². The van der Waals surface area contributed by atoms with Crippen LogP contribution in [0.4, 0.5) is 5.82 Å². The highest BCUT2D eigenvalue weighted by Crippen LogP contribution is 2.25. The molecule has 3 aromatic heterocycles. The van der Waals surface area contributed by atoms with Crippen molar-refractivity contribution in [1.29, 1.82) is 0 Å². The van der Waals surface area contributed by atoms with E-state index in [1.807, 2.05) is 27.7 Å². The lowest BCUT2D eigenvalue weighted by molar-refractivity contribution is 0.102. The van der Waals surface area contributed by atoms with E-state index in [4.69, 9.17) is 5.73 Å². The lowest BCUT2D eigenvalue weighted by Crippen LogP contribution is -2.42. The molecule has 0 spiro atoms. The number of hydrogen-bond donors (Lipinski definition) is 1. The van der Waals surface area contributed by atoms with Gasteiger partial charge in [-0.1, -0.05) is 50.8 Å². The Hall–Kier alpha value is -2.80. The van der Waals surface area contributed by atoms with E-state index >= 15 is 0 Å². The number of carbonyl (C=O) groups is 1. The molecular weight excluding hydrogens is 442 g/mol. The van der Waals surface area contributed by atoms with Crippen molar-refractivity contribution in [2.24, 2.45) is 7.05 Å². The van der Waals surface area contributed by atoms with Gasteiger partial charge in [0.15, 0.2) is 10.1 Å². The van der Waals surface area contributed by atoms with Gasteiger partial charge in [-0.15, -0.1) is 15.3 Å². The molecule has 0 aliphatic carbocycles. The summed E-state index contributed by atoms with van der Waals surface area (Å²) < 4.78 is 3.69. The average molecular weight is 466 g/mol. The molecule has 3 heterocycles. The zero-order valence-corrected chi connectivity index (χ0v) is 19.5. The number of anilines is 1. The fourth-order valence-corrected chi connectivity index (χ4v) is 4.66. The minimum Gasteiger partial charge on any atom is -0.384 e.